The fourth-order valence-electron chi connectivity index (χ4n) is 1.37. The number of carbonyl (C=O) groups excluding carboxylic acids is 1. The lowest BCUT2D eigenvalue weighted by molar-refractivity contribution is 0.0927. The van der Waals surface area contributed by atoms with Crippen molar-refractivity contribution in [1.82, 2.24) is 0 Å². The molecule has 0 saturated carbocycles. The summed E-state index contributed by atoms with van der Waals surface area (Å²) in [5.41, 5.74) is 1.19. The highest BCUT2D eigenvalue weighted by Crippen LogP contribution is 2.20. The van der Waals surface area contributed by atoms with Crippen molar-refractivity contribution in [3.05, 3.63) is 21.9 Å². The Morgan fingerprint density at radius 3 is 2.77 bits per heavy atom. The van der Waals surface area contributed by atoms with E-state index in [0.29, 0.717) is 5.78 Å². The molecule has 1 nitrogen and oxygen atoms in total. The van der Waals surface area contributed by atoms with E-state index in [9.17, 15) is 4.79 Å². The third-order valence-electron chi connectivity index (χ3n) is 2.14. The number of ketones is 1. The summed E-state index contributed by atoms with van der Waals surface area (Å²) in [6.07, 6.45) is 2.08. The van der Waals surface area contributed by atoms with Crippen molar-refractivity contribution >= 4 is 17.1 Å². The van der Waals surface area contributed by atoms with Gasteiger partial charge in [0.05, 0.1) is 4.88 Å². The first-order valence-corrected chi connectivity index (χ1v) is 5.62. The van der Waals surface area contributed by atoms with Gasteiger partial charge in [0.15, 0.2) is 5.78 Å². The Labute approximate surface area is 83.8 Å². The van der Waals surface area contributed by atoms with E-state index < -0.39 is 0 Å². The number of carbonyl (C=O) groups is 1. The lowest BCUT2D eigenvalue weighted by atomic mass is 10.00. The fraction of sp³-hybridized carbons (Fsp3) is 0.545. The van der Waals surface area contributed by atoms with Gasteiger partial charge in [-0.05, 0) is 30.4 Å². The van der Waals surface area contributed by atoms with E-state index in [1.165, 1.54) is 5.56 Å². The highest BCUT2D eigenvalue weighted by atomic mass is 32.1. The minimum atomic E-state index is 0.183. The Morgan fingerprint density at radius 2 is 2.31 bits per heavy atom. The number of thiophene rings is 1. The SMILES string of the molecule is CCCC(C)C(=O)c1cc(C)cs1. The Kier molecular flexibility index (Phi) is 3.67. The molecule has 0 radical (unpaired) electrons. The second-order valence-electron chi connectivity index (χ2n) is 3.54. The molecule has 0 saturated heterocycles. The minimum Gasteiger partial charge on any atom is -0.293 e. The molecule has 72 valence electrons. The molecule has 0 bridgehead atoms. The molecule has 0 spiro atoms. The summed E-state index contributed by atoms with van der Waals surface area (Å²) in [4.78, 5) is 12.7. The van der Waals surface area contributed by atoms with Crippen molar-refractivity contribution in [2.24, 2.45) is 5.92 Å². The average molecular weight is 196 g/mol. The van der Waals surface area contributed by atoms with Gasteiger partial charge in [0.1, 0.15) is 0 Å². The molecule has 0 aliphatic rings. The number of hydrogen-bond acceptors (Lipinski definition) is 2. The summed E-state index contributed by atoms with van der Waals surface area (Å²) in [5.74, 6) is 0.489. The summed E-state index contributed by atoms with van der Waals surface area (Å²) in [5, 5.41) is 2.03. The molecule has 0 amide bonds. The van der Waals surface area contributed by atoms with E-state index >= 15 is 0 Å². The second-order valence-corrected chi connectivity index (χ2v) is 4.45. The molecule has 1 aromatic rings. The molecular weight excluding hydrogens is 180 g/mol. The Balaban J connectivity index is 2.67. The lowest BCUT2D eigenvalue weighted by Gasteiger charge is -2.05. The van der Waals surface area contributed by atoms with Crippen LogP contribution in [0.1, 0.15) is 41.9 Å². The summed E-state index contributed by atoms with van der Waals surface area (Å²) in [7, 11) is 0. The van der Waals surface area contributed by atoms with Crippen molar-refractivity contribution in [3.8, 4) is 0 Å². The fourth-order valence-corrected chi connectivity index (χ4v) is 2.32. The van der Waals surface area contributed by atoms with E-state index in [-0.39, 0.29) is 5.92 Å². The van der Waals surface area contributed by atoms with Gasteiger partial charge in [0, 0.05) is 5.92 Å². The van der Waals surface area contributed by atoms with Crippen molar-refractivity contribution in [3.63, 3.8) is 0 Å². The van der Waals surface area contributed by atoms with Crippen LogP contribution >= 0.6 is 11.3 Å². The molecule has 0 N–H and O–H groups in total. The summed E-state index contributed by atoms with van der Waals surface area (Å²) in [6.45, 7) is 6.15. The average Bonchev–Trinajstić information content (AvgIpc) is 2.51. The van der Waals surface area contributed by atoms with Crippen LogP contribution in [0.25, 0.3) is 0 Å². The number of Topliss-reactive ketones (excluding diaryl/α,β-unsaturated/α-hetero) is 1. The maximum atomic E-state index is 11.8. The quantitative estimate of drug-likeness (QED) is 0.671. The standard InChI is InChI=1S/C11H16OS/c1-4-5-9(3)11(12)10-6-8(2)7-13-10/h6-7,9H,4-5H2,1-3H3. The van der Waals surface area contributed by atoms with Crippen LogP contribution in [0.4, 0.5) is 0 Å². The summed E-state index contributed by atoms with van der Waals surface area (Å²) in [6, 6.07) is 1.99. The Morgan fingerprint density at radius 1 is 1.62 bits per heavy atom. The third kappa shape index (κ3) is 2.66. The zero-order valence-corrected chi connectivity index (χ0v) is 9.28. The number of rotatable bonds is 4. The van der Waals surface area contributed by atoms with Gasteiger partial charge in [0.25, 0.3) is 0 Å². The van der Waals surface area contributed by atoms with Gasteiger partial charge in [-0.25, -0.2) is 0 Å². The first kappa shape index (κ1) is 10.5. The molecule has 0 aliphatic heterocycles. The van der Waals surface area contributed by atoms with Gasteiger partial charge < -0.3 is 0 Å². The maximum Gasteiger partial charge on any atom is 0.175 e. The van der Waals surface area contributed by atoms with Crippen LogP contribution in [-0.2, 0) is 0 Å². The van der Waals surface area contributed by atoms with Crippen LogP contribution in [0.15, 0.2) is 11.4 Å². The van der Waals surface area contributed by atoms with Gasteiger partial charge >= 0.3 is 0 Å². The topological polar surface area (TPSA) is 17.1 Å². The van der Waals surface area contributed by atoms with Gasteiger partial charge in [-0.2, -0.15) is 0 Å². The van der Waals surface area contributed by atoms with E-state index in [2.05, 4.69) is 6.92 Å². The molecule has 1 atom stereocenters. The van der Waals surface area contributed by atoms with Crippen LogP contribution in [-0.4, -0.2) is 5.78 Å². The lowest BCUT2D eigenvalue weighted by Crippen LogP contribution is -2.09. The molecular formula is C11H16OS. The minimum absolute atomic E-state index is 0.183. The van der Waals surface area contributed by atoms with Crippen molar-refractivity contribution in [1.29, 1.82) is 0 Å². The molecule has 0 aliphatic carbocycles. The molecule has 1 rings (SSSR count). The number of aryl methyl sites for hydroxylation is 1. The van der Waals surface area contributed by atoms with Gasteiger partial charge in [0.2, 0.25) is 0 Å². The normalized spacial score (nSPS) is 12.8. The molecule has 0 aromatic carbocycles. The molecule has 2 heteroatoms. The molecule has 1 heterocycles. The first-order valence-electron chi connectivity index (χ1n) is 4.74. The van der Waals surface area contributed by atoms with Crippen molar-refractivity contribution < 1.29 is 4.79 Å². The van der Waals surface area contributed by atoms with Crippen molar-refractivity contribution in [2.75, 3.05) is 0 Å². The molecule has 1 unspecified atom stereocenters. The van der Waals surface area contributed by atoms with Crippen LogP contribution in [0.5, 0.6) is 0 Å². The monoisotopic (exact) mass is 196 g/mol. The number of hydrogen-bond donors (Lipinski definition) is 0. The predicted octanol–water partition coefficient (Wildman–Crippen LogP) is 3.68. The summed E-state index contributed by atoms with van der Waals surface area (Å²) < 4.78 is 0. The Hall–Kier alpha value is -0.630. The van der Waals surface area contributed by atoms with Crippen molar-refractivity contribution in [2.45, 2.75) is 33.6 Å². The van der Waals surface area contributed by atoms with E-state index in [0.717, 1.165) is 17.7 Å². The predicted molar refractivity (Wildman–Crippen MR) is 57.5 cm³/mol. The zero-order valence-electron chi connectivity index (χ0n) is 8.46. The van der Waals surface area contributed by atoms with Crippen LogP contribution in [0.3, 0.4) is 0 Å². The van der Waals surface area contributed by atoms with Gasteiger partial charge in [-0.3, -0.25) is 4.79 Å². The molecule has 1 aromatic heterocycles. The van der Waals surface area contributed by atoms with E-state index in [1.807, 2.05) is 25.3 Å². The van der Waals surface area contributed by atoms with E-state index in [4.69, 9.17) is 0 Å². The highest BCUT2D eigenvalue weighted by Gasteiger charge is 2.15. The first-order chi connectivity index (χ1) is 6.15. The highest BCUT2D eigenvalue weighted by molar-refractivity contribution is 7.12. The largest absolute Gasteiger partial charge is 0.293 e. The second kappa shape index (κ2) is 4.56. The van der Waals surface area contributed by atoms with E-state index in [1.54, 1.807) is 11.3 Å². The van der Waals surface area contributed by atoms with Gasteiger partial charge in [-0.1, -0.05) is 20.3 Å². The zero-order chi connectivity index (χ0) is 9.84. The Bertz CT molecular complexity index is 288. The van der Waals surface area contributed by atoms with Crippen LogP contribution in [0.2, 0.25) is 0 Å². The smallest absolute Gasteiger partial charge is 0.175 e. The molecule has 0 fully saturated rings. The third-order valence-corrected chi connectivity index (χ3v) is 3.21. The van der Waals surface area contributed by atoms with Crippen LogP contribution < -0.4 is 0 Å². The maximum absolute atomic E-state index is 11.8. The molecule has 13 heavy (non-hydrogen) atoms. The summed E-state index contributed by atoms with van der Waals surface area (Å²) >= 11 is 1.56. The van der Waals surface area contributed by atoms with Gasteiger partial charge in [-0.15, -0.1) is 11.3 Å². The van der Waals surface area contributed by atoms with Crippen LogP contribution in [0, 0.1) is 12.8 Å².